The molecule has 0 radical (unpaired) electrons. The van der Waals surface area contributed by atoms with Gasteiger partial charge >= 0.3 is 0 Å². The molecule has 0 saturated heterocycles. The van der Waals surface area contributed by atoms with Crippen LogP contribution in [-0.4, -0.2) is 14.7 Å². The summed E-state index contributed by atoms with van der Waals surface area (Å²) in [6.07, 6.45) is 1.14. The molecule has 2 aromatic rings. The van der Waals surface area contributed by atoms with E-state index in [0.29, 0.717) is 5.69 Å². The molecule has 0 aliphatic carbocycles. The summed E-state index contributed by atoms with van der Waals surface area (Å²) < 4.78 is 26.0. The van der Waals surface area contributed by atoms with Gasteiger partial charge in [0.2, 0.25) is 10.0 Å². The van der Waals surface area contributed by atoms with Crippen LogP contribution in [0.5, 0.6) is 0 Å². The molecule has 6 heteroatoms. The number of nitrogens with one attached hydrogen (secondary N) is 2. The summed E-state index contributed by atoms with van der Waals surface area (Å²) in [6.45, 7) is 2.05. The molecule has 0 bridgehead atoms. The Morgan fingerprint density at radius 1 is 1.05 bits per heavy atom. The smallest absolute Gasteiger partial charge is 0.229 e. The predicted molar refractivity (Wildman–Crippen MR) is 91.1 cm³/mol. The van der Waals surface area contributed by atoms with E-state index < -0.39 is 10.0 Å². The molecular formula is C15H17BrN2O2S. The first-order valence-corrected chi connectivity index (χ1v) is 9.12. The lowest BCUT2D eigenvalue weighted by Crippen LogP contribution is -2.10. The summed E-state index contributed by atoms with van der Waals surface area (Å²) in [5, 5.41) is 3.36. The molecule has 0 spiro atoms. The lowest BCUT2D eigenvalue weighted by molar-refractivity contribution is 0.607. The molecule has 2 aromatic carbocycles. The first-order valence-electron chi connectivity index (χ1n) is 6.44. The second-order valence-corrected chi connectivity index (χ2v) is 7.45. The Morgan fingerprint density at radius 2 is 1.71 bits per heavy atom. The number of benzene rings is 2. The lowest BCUT2D eigenvalue weighted by atomic mass is 10.1. The van der Waals surface area contributed by atoms with Gasteiger partial charge in [-0.2, -0.15) is 0 Å². The molecule has 4 nitrogen and oxygen atoms in total. The number of hydrogen-bond donors (Lipinski definition) is 2. The average molecular weight is 369 g/mol. The molecule has 1 atom stereocenters. The molecule has 0 saturated carbocycles. The van der Waals surface area contributed by atoms with Crippen molar-refractivity contribution in [3.8, 4) is 0 Å². The Bertz CT molecular complexity index is 732. The normalized spacial score (nSPS) is 12.7. The van der Waals surface area contributed by atoms with Gasteiger partial charge in [-0.05, 0) is 36.8 Å². The monoisotopic (exact) mass is 368 g/mol. The van der Waals surface area contributed by atoms with E-state index in [1.807, 2.05) is 36.4 Å². The number of hydrogen-bond acceptors (Lipinski definition) is 3. The Kier molecular flexibility index (Phi) is 4.90. The summed E-state index contributed by atoms with van der Waals surface area (Å²) in [6, 6.07) is 15.3. The fourth-order valence-corrected chi connectivity index (χ4v) is 3.22. The number of sulfonamides is 1. The van der Waals surface area contributed by atoms with Crippen LogP contribution in [0, 0.1) is 0 Å². The molecule has 0 amide bonds. The maximum absolute atomic E-state index is 11.3. The summed E-state index contributed by atoms with van der Waals surface area (Å²) in [7, 11) is -3.27. The fourth-order valence-electron chi connectivity index (χ4n) is 2.04. The highest BCUT2D eigenvalue weighted by Crippen LogP contribution is 2.27. The summed E-state index contributed by atoms with van der Waals surface area (Å²) >= 11 is 3.53. The van der Waals surface area contributed by atoms with Crippen molar-refractivity contribution >= 4 is 37.3 Å². The largest absolute Gasteiger partial charge is 0.378 e. The van der Waals surface area contributed by atoms with Crippen molar-refractivity contribution in [2.75, 3.05) is 16.3 Å². The molecule has 2 N–H and O–H groups in total. The van der Waals surface area contributed by atoms with Crippen molar-refractivity contribution in [1.29, 1.82) is 0 Å². The predicted octanol–water partition coefficient (Wildman–Crippen LogP) is 3.99. The number of anilines is 2. The van der Waals surface area contributed by atoms with Crippen molar-refractivity contribution in [3.63, 3.8) is 0 Å². The van der Waals surface area contributed by atoms with Crippen LogP contribution in [0.25, 0.3) is 0 Å². The average Bonchev–Trinajstić information content (AvgIpc) is 2.37. The van der Waals surface area contributed by atoms with Crippen LogP contribution in [-0.2, 0) is 10.0 Å². The summed E-state index contributed by atoms with van der Waals surface area (Å²) in [4.78, 5) is 0. The van der Waals surface area contributed by atoms with Gasteiger partial charge in [-0.25, -0.2) is 8.42 Å². The van der Waals surface area contributed by atoms with E-state index in [-0.39, 0.29) is 6.04 Å². The molecule has 2 rings (SSSR count). The Balaban J connectivity index is 2.16. The van der Waals surface area contributed by atoms with E-state index in [1.165, 1.54) is 0 Å². The summed E-state index contributed by atoms with van der Waals surface area (Å²) in [5.41, 5.74) is 2.53. The van der Waals surface area contributed by atoms with Crippen molar-refractivity contribution in [2.45, 2.75) is 13.0 Å². The Labute approximate surface area is 133 Å². The molecule has 0 aromatic heterocycles. The SMILES string of the molecule is CC(Nc1cccc(NS(C)(=O)=O)c1)c1ccccc1Br. The minimum absolute atomic E-state index is 0.0917. The Morgan fingerprint density at radius 3 is 2.38 bits per heavy atom. The van der Waals surface area contributed by atoms with Crippen LogP contribution >= 0.6 is 15.9 Å². The highest BCUT2D eigenvalue weighted by molar-refractivity contribution is 9.10. The highest BCUT2D eigenvalue weighted by Gasteiger charge is 2.09. The molecule has 21 heavy (non-hydrogen) atoms. The van der Waals surface area contributed by atoms with Crippen LogP contribution in [0.15, 0.2) is 53.0 Å². The number of rotatable bonds is 5. The van der Waals surface area contributed by atoms with Gasteiger partial charge in [0.05, 0.1) is 11.9 Å². The minimum atomic E-state index is -3.27. The molecule has 112 valence electrons. The second kappa shape index (κ2) is 6.49. The Hall–Kier alpha value is -1.53. The zero-order valence-corrected chi connectivity index (χ0v) is 14.2. The zero-order valence-electron chi connectivity index (χ0n) is 11.8. The minimum Gasteiger partial charge on any atom is -0.378 e. The van der Waals surface area contributed by atoms with E-state index >= 15 is 0 Å². The molecule has 0 aliphatic rings. The van der Waals surface area contributed by atoms with Crippen LogP contribution in [0.4, 0.5) is 11.4 Å². The third kappa shape index (κ3) is 4.75. The maximum atomic E-state index is 11.3. The quantitative estimate of drug-likeness (QED) is 0.838. The highest BCUT2D eigenvalue weighted by atomic mass is 79.9. The van der Waals surface area contributed by atoms with Crippen LogP contribution in [0.3, 0.4) is 0 Å². The lowest BCUT2D eigenvalue weighted by Gasteiger charge is -2.17. The molecule has 0 heterocycles. The van der Waals surface area contributed by atoms with E-state index in [0.717, 1.165) is 22.0 Å². The summed E-state index contributed by atoms with van der Waals surface area (Å²) in [5.74, 6) is 0. The number of halogens is 1. The molecular weight excluding hydrogens is 352 g/mol. The topological polar surface area (TPSA) is 58.2 Å². The second-order valence-electron chi connectivity index (χ2n) is 4.84. The maximum Gasteiger partial charge on any atom is 0.229 e. The standard InChI is InChI=1S/C15H17BrN2O2S/c1-11(14-8-3-4-9-15(14)16)17-12-6-5-7-13(10-12)18-21(2,19)20/h3-11,17-18H,1-2H3. The van der Waals surface area contributed by atoms with Gasteiger partial charge in [-0.1, -0.05) is 40.2 Å². The van der Waals surface area contributed by atoms with Crippen molar-refractivity contribution in [1.82, 2.24) is 0 Å². The van der Waals surface area contributed by atoms with Gasteiger partial charge < -0.3 is 5.32 Å². The zero-order chi connectivity index (χ0) is 15.5. The van der Waals surface area contributed by atoms with Gasteiger partial charge in [0.1, 0.15) is 0 Å². The third-order valence-corrected chi connectivity index (χ3v) is 4.25. The molecule has 0 fully saturated rings. The van der Waals surface area contributed by atoms with E-state index in [9.17, 15) is 8.42 Å². The van der Waals surface area contributed by atoms with Gasteiger partial charge in [0.25, 0.3) is 0 Å². The molecule has 1 unspecified atom stereocenters. The van der Waals surface area contributed by atoms with Crippen molar-refractivity contribution in [2.24, 2.45) is 0 Å². The van der Waals surface area contributed by atoms with Crippen LogP contribution < -0.4 is 10.0 Å². The van der Waals surface area contributed by atoms with E-state index in [4.69, 9.17) is 0 Å². The van der Waals surface area contributed by atoms with Gasteiger partial charge in [-0.15, -0.1) is 0 Å². The van der Waals surface area contributed by atoms with E-state index in [1.54, 1.807) is 12.1 Å². The first-order chi connectivity index (χ1) is 9.85. The van der Waals surface area contributed by atoms with Gasteiger partial charge in [0.15, 0.2) is 0 Å². The molecule has 0 aliphatic heterocycles. The van der Waals surface area contributed by atoms with Crippen LogP contribution in [0.1, 0.15) is 18.5 Å². The van der Waals surface area contributed by atoms with Crippen LogP contribution in [0.2, 0.25) is 0 Å². The van der Waals surface area contributed by atoms with Gasteiger partial charge in [-0.3, -0.25) is 4.72 Å². The van der Waals surface area contributed by atoms with Gasteiger partial charge in [0, 0.05) is 16.2 Å². The van der Waals surface area contributed by atoms with Crippen molar-refractivity contribution in [3.05, 3.63) is 58.6 Å². The third-order valence-electron chi connectivity index (χ3n) is 2.92. The van der Waals surface area contributed by atoms with Crippen molar-refractivity contribution < 1.29 is 8.42 Å². The fraction of sp³-hybridized carbons (Fsp3) is 0.200. The first kappa shape index (κ1) is 15.9. The van der Waals surface area contributed by atoms with E-state index in [2.05, 4.69) is 32.9 Å².